The van der Waals surface area contributed by atoms with Crippen molar-refractivity contribution in [2.45, 2.75) is 30.3 Å². The maximum atomic E-state index is 13.4. The normalized spacial score (nSPS) is 26.0. The monoisotopic (exact) mass is 448 g/mol. The first-order chi connectivity index (χ1) is 14.2. The Morgan fingerprint density at radius 3 is 2.47 bits per heavy atom. The number of fused-ring (bicyclic) bond motifs is 1. The van der Waals surface area contributed by atoms with Crippen LogP contribution in [0, 0.1) is 5.82 Å². The van der Waals surface area contributed by atoms with Crippen LogP contribution in [0.15, 0.2) is 36.4 Å². The van der Waals surface area contributed by atoms with Crippen molar-refractivity contribution >= 4 is 40.9 Å². The first kappa shape index (κ1) is 19.3. The van der Waals surface area contributed by atoms with Crippen molar-refractivity contribution in [3.8, 4) is 5.75 Å². The van der Waals surface area contributed by atoms with Gasteiger partial charge < -0.3 is 10.1 Å². The molecule has 6 rings (SSSR count). The molecule has 1 heterocycles. The minimum Gasteiger partial charge on any atom is -0.484 e. The summed E-state index contributed by atoms with van der Waals surface area (Å²) in [5.74, 6) is -1.44. The molecule has 3 saturated carbocycles. The predicted octanol–water partition coefficient (Wildman–Crippen LogP) is 3.60. The summed E-state index contributed by atoms with van der Waals surface area (Å²) in [4.78, 5) is 39.1. The van der Waals surface area contributed by atoms with Gasteiger partial charge in [0.15, 0.2) is 6.61 Å². The van der Waals surface area contributed by atoms with Crippen LogP contribution < -0.4 is 10.1 Å². The number of carbonyl (C=O) groups is 3. The Morgan fingerprint density at radius 1 is 1.07 bits per heavy atom. The summed E-state index contributed by atoms with van der Waals surface area (Å²) < 4.78 is 18.7. The quantitative estimate of drug-likeness (QED) is 0.708. The Labute approximate surface area is 180 Å². The van der Waals surface area contributed by atoms with E-state index in [0.29, 0.717) is 35.4 Å². The Morgan fingerprint density at radius 2 is 1.77 bits per heavy atom. The summed E-state index contributed by atoms with van der Waals surface area (Å²) in [6, 6.07) is 8.61. The molecule has 0 spiro atoms. The lowest BCUT2D eigenvalue weighted by molar-refractivity contribution is -0.159. The van der Waals surface area contributed by atoms with E-state index >= 15 is 0 Å². The number of carbonyl (C=O) groups excluding carboxylic acids is 3. The largest absolute Gasteiger partial charge is 0.484 e. The molecule has 3 amide bonds. The lowest BCUT2D eigenvalue weighted by Gasteiger charge is -2.72. The van der Waals surface area contributed by atoms with E-state index in [2.05, 4.69) is 5.32 Å². The smallest absolute Gasteiger partial charge is 0.262 e. The van der Waals surface area contributed by atoms with Crippen molar-refractivity contribution in [3.63, 3.8) is 0 Å². The second-order valence-corrected chi connectivity index (χ2v) is 8.93. The summed E-state index contributed by atoms with van der Waals surface area (Å²) in [6.45, 7) is -0.276. The lowest BCUT2D eigenvalue weighted by Crippen LogP contribution is -2.84. The van der Waals surface area contributed by atoms with Crippen molar-refractivity contribution < 1.29 is 23.5 Å². The summed E-state index contributed by atoms with van der Waals surface area (Å²) in [5, 5.41) is 3.28. The van der Waals surface area contributed by atoms with Gasteiger partial charge in [-0.1, -0.05) is 23.2 Å². The van der Waals surface area contributed by atoms with Crippen LogP contribution in [0.1, 0.15) is 40.0 Å². The molecule has 3 fully saturated rings. The Bertz CT molecular complexity index is 1120. The molecule has 1 aliphatic heterocycles. The molecule has 9 heteroatoms. The number of ether oxygens (including phenoxy) is 1. The number of halogens is 3. The van der Waals surface area contributed by atoms with Crippen LogP contribution in [-0.2, 0) is 4.79 Å². The fraction of sp³-hybridized carbons (Fsp3) is 0.286. The van der Waals surface area contributed by atoms with E-state index < -0.39 is 16.9 Å². The standard InChI is InChI=1S/C21H15Cl2FN2O4/c22-11-1-3-13-14(5-11)19(29)26(18(13)28)21-8-20(9-21,10-21)25-17(27)7-30-12-2-4-15(23)16(24)6-12/h1-6H,7-10H2,(H,25,27). The SMILES string of the molecule is O=C(COc1ccc(Cl)c(F)c1)NC12CC(N3C(=O)c4ccc(Cl)cc4C3=O)(C1)C2. The van der Waals surface area contributed by atoms with Gasteiger partial charge in [0.2, 0.25) is 0 Å². The highest BCUT2D eigenvalue weighted by Gasteiger charge is 2.74. The van der Waals surface area contributed by atoms with Crippen LogP contribution in [0.4, 0.5) is 4.39 Å². The Balaban J connectivity index is 1.19. The van der Waals surface area contributed by atoms with Crippen LogP contribution in [-0.4, -0.2) is 40.3 Å². The highest BCUT2D eigenvalue weighted by Crippen LogP contribution is 2.64. The average Bonchev–Trinajstić information content (AvgIpc) is 2.88. The molecule has 2 aromatic carbocycles. The van der Waals surface area contributed by atoms with Gasteiger partial charge in [0, 0.05) is 16.6 Å². The first-order valence-electron chi connectivity index (χ1n) is 9.29. The Hall–Kier alpha value is -2.64. The number of nitrogens with zero attached hydrogens (tertiary/aromatic N) is 1. The second kappa shape index (κ2) is 6.43. The molecule has 1 N–H and O–H groups in total. The lowest BCUT2D eigenvalue weighted by atomic mass is 9.43. The minimum atomic E-state index is -0.627. The number of hydrogen-bond donors (Lipinski definition) is 1. The topological polar surface area (TPSA) is 75.7 Å². The van der Waals surface area contributed by atoms with E-state index in [4.69, 9.17) is 27.9 Å². The maximum absolute atomic E-state index is 13.4. The average molecular weight is 449 g/mol. The summed E-state index contributed by atoms with van der Waals surface area (Å²) in [6.07, 6.45) is 1.50. The summed E-state index contributed by atoms with van der Waals surface area (Å²) in [7, 11) is 0. The molecule has 2 bridgehead atoms. The van der Waals surface area contributed by atoms with Crippen LogP contribution >= 0.6 is 23.2 Å². The highest BCUT2D eigenvalue weighted by atomic mass is 35.5. The number of hydrogen-bond acceptors (Lipinski definition) is 4. The molecular weight excluding hydrogens is 434 g/mol. The number of benzene rings is 2. The van der Waals surface area contributed by atoms with Crippen LogP contribution in [0.5, 0.6) is 5.75 Å². The molecule has 0 aromatic heterocycles. The third-order valence-electron chi connectivity index (χ3n) is 5.99. The van der Waals surface area contributed by atoms with Gasteiger partial charge in [-0.05, 0) is 49.6 Å². The van der Waals surface area contributed by atoms with Gasteiger partial charge in [-0.3, -0.25) is 19.3 Å². The zero-order chi connectivity index (χ0) is 21.3. The molecule has 0 radical (unpaired) electrons. The molecule has 0 saturated heterocycles. The zero-order valence-electron chi connectivity index (χ0n) is 15.5. The third kappa shape index (κ3) is 2.80. The number of amides is 3. The van der Waals surface area contributed by atoms with Gasteiger partial charge in [-0.25, -0.2) is 4.39 Å². The minimum absolute atomic E-state index is 0.0265. The van der Waals surface area contributed by atoms with Crippen LogP contribution in [0.25, 0.3) is 0 Å². The highest BCUT2D eigenvalue weighted by molar-refractivity contribution is 6.32. The van der Waals surface area contributed by atoms with Crippen LogP contribution in [0.2, 0.25) is 10.0 Å². The fourth-order valence-corrected chi connectivity index (χ4v) is 5.08. The van der Waals surface area contributed by atoms with E-state index in [1.54, 1.807) is 12.1 Å². The van der Waals surface area contributed by atoms with Crippen LogP contribution in [0.3, 0.4) is 0 Å². The second-order valence-electron chi connectivity index (χ2n) is 8.08. The predicted molar refractivity (Wildman–Crippen MR) is 106 cm³/mol. The van der Waals surface area contributed by atoms with Gasteiger partial charge in [-0.15, -0.1) is 0 Å². The summed E-state index contributed by atoms with van der Waals surface area (Å²) >= 11 is 11.6. The fourth-order valence-electron chi connectivity index (χ4n) is 4.80. The van der Waals surface area contributed by atoms with Crippen molar-refractivity contribution in [2.75, 3.05) is 6.61 Å². The molecule has 4 aliphatic rings. The van der Waals surface area contributed by atoms with Crippen molar-refractivity contribution in [3.05, 3.63) is 63.4 Å². The van der Waals surface area contributed by atoms with Gasteiger partial charge in [0.05, 0.1) is 21.7 Å². The maximum Gasteiger partial charge on any atom is 0.262 e. The van der Waals surface area contributed by atoms with E-state index in [1.165, 1.54) is 23.1 Å². The van der Waals surface area contributed by atoms with E-state index in [0.717, 1.165) is 6.07 Å². The van der Waals surface area contributed by atoms with Gasteiger partial charge >= 0.3 is 0 Å². The molecule has 6 nitrogen and oxygen atoms in total. The van der Waals surface area contributed by atoms with Crippen molar-refractivity contribution in [1.82, 2.24) is 10.2 Å². The number of imide groups is 1. The third-order valence-corrected chi connectivity index (χ3v) is 6.53. The van der Waals surface area contributed by atoms with Gasteiger partial charge in [0.25, 0.3) is 17.7 Å². The molecule has 3 aliphatic carbocycles. The molecule has 154 valence electrons. The van der Waals surface area contributed by atoms with E-state index in [1.807, 2.05) is 0 Å². The number of rotatable bonds is 5. The number of nitrogens with one attached hydrogen (secondary N) is 1. The van der Waals surface area contributed by atoms with E-state index in [9.17, 15) is 18.8 Å². The molecule has 30 heavy (non-hydrogen) atoms. The zero-order valence-corrected chi connectivity index (χ0v) is 17.0. The van der Waals surface area contributed by atoms with Crippen molar-refractivity contribution in [2.24, 2.45) is 0 Å². The molecule has 2 aromatic rings. The van der Waals surface area contributed by atoms with Gasteiger partial charge in [-0.2, -0.15) is 0 Å². The molecular formula is C21H15Cl2FN2O4. The van der Waals surface area contributed by atoms with E-state index in [-0.39, 0.29) is 35.1 Å². The van der Waals surface area contributed by atoms with Crippen molar-refractivity contribution in [1.29, 1.82) is 0 Å². The Kier molecular flexibility index (Phi) is 4.14. The first-order valence-corrected chi connectivity index (χ1v) is 10.0. The molecule has 0 atom stereocenters. The molecule has 0 unspecified atom stereocenters. The van der Waals surface area contributed by atoms with Gasteiger partial charge in [0.1, 0.15) is 11.6 Å². The summed E-state index contributed by atoms with van der Waals surface area (Å²) in [5.41, 5.74) is -0.332.